The third-order valence-corrected chi connectivity index (χ3v) is 1.28. The Morgan fingerprint density at radius 2 is 2.45 bits per heavy atom. The molecule has 0 spiro atoms. The van der Waals surface area contributed by atoms with Crippen LogP contribution in [0.5, 0.6) is 0 Å². The van der Waals surface area contributed by atoms with Gasteiger partial charge in [-0.15, -0.1) is 6.58 Å². The van der Waals surface area contributed by atoms with Crippen molar-refractivity contribution in [2.24, 2.45) is 0 Å². The summed E-state index contributed by atoms with van der Waals surface area (Å²) in [5, 5.41) is 3.69. The highest BCUT2D eigenvalue weighted by molar-refractivity contribution is 5.02. The molecule has 0 bridgehead atoms. The van der Waals surface area contributed by atoms with Gasteiger partial charge in [0, 0.05) is 6.20 Å². The van der Waals surface area contributed by atoms with Crippen molar-refractivity contribution in [3.63, 3.8) is 0 Å². The molecule has 4 heteroatoms. The second-order valence-electron chi connectivity index (χ2n) is 2.03. The number of allylic oxidation sites excluding steroid dienone is 1. The molecule has 0 unspecified atom stereocenters. The fourth-order valence-corrected chi connectivity index (χ4v) is 0.803. The lowest BCUT2D eigenvalue weighted by atomic mass is 10.4. The van der Waals surface area contributed by atoms with Gasteiger partial charge in [0.1, 0.15) is 5.69 Å². The van der Waals surface area contributed by atoms with Crippen LogP contribution in [0.2, 0.25) is 0 Å². The van der Waals surface area contributed by atoms with Crippen molar-refractivity contribution < 1.29 is 8.78 Å². The maximum atomic E-state index is 12.1. The van der Waals surface area contributed by atoms with Crippen LogP contribution in [0.1, 0.15) is 12.1 Å². The van der Waals surface area contributed by atoms with E-state index in [1.54, 1.807) is 0 Å². The van der Waals surface area contributed by atoms with E-state index in [1.807, 2.05) is 0 Å². The van der Waals surface area contributed by atoms with Crippen LogP contribution < -0.4 is 0 Å². The molecule has 0 N–H and O–H groups in total. The Labute approximate surface area is 63.1 Å². The van der Waals surface area contributed by atoms with Gasteiger partial charge in [0.05, 0.1) is 6.54 Å². The number of aromatic nitrogens is 2. The topological polar surface area (TPSA) is 17.8 Å². The van der Waals surface area contributed by atoms with Gasteiger partial charge in [-0.25, -0.2) is 8.78 Å². The average Bonchev–Trinajstić information content (AvgIpc) is 2.36. The highest BCUT2D eigenvalue weighted by Crippen LogP contribution is 2.17. The highest BCUT2D eigenvalue weighted by atomic mass is 19.3. The number of hydrogen-bond donors (Lipinski definition) is 0. The Bertz CT molecular complexity index is 242. The van der Waals surface area contributed by atoms with Gasteiger partial charge in [-0.3, -0.25) is 4.68 Å². The lowest BCUT2D eigenvalue weighted by molar-refractivity contribution is 0.140. The van der Waals surface area contributed by atoms with E-state index in [0.717, 1.165) is 0 Å². The first-order valence-electron chi connectivity index (χ1n) is 3.16. The standard InChI is InChI=1S/C7H8F2N2/c1-2-5-11-6(7(8)9)3-4-10-11/h2-4,7H,1,5H2. The Morgan fingerprint density at radius 3 is 3.00 bits per heavy atom. The Balaban J connectivity index is 2.86. The molecule has 0 fully saturated rings. The first-order valence-corrected chi connectivity index (χ1v) is 3.16. The fraction of sp³-hybridized carbons (Fsp3) is 0.286. The lowest BCUT2D eigenvalue weighted by Gasteiger charge is -2.01. The molecular weight excluding hydrogens is 150 g/mol. The van der Waals surface area contributed by atoms with Crippen LogP contribution in [-0.4, -0.2) is 9.78 Å². The molecule has 60 valence electrons. The minimum Gasteiger partial charge on any atom is -0.260 e. The molecule has 0 radical (unpaired) electrons. The first kappa shape index (κ1) is 7.91. The number of halogens is 2. The Morgan fingerprint density at radius 1 is 1.73 bits per heavy atom. The minimum absolute atomic E-state index is 0.0649. The third kappa shape index (κ3) is 1.63. The molecule has 0 saturated carbocycles. The van der Waals surface area contributed by atoms with Crippen molar-refractivity contribution in [2.75, 3.05) is 0 Å². The van der Waals surface area contributed by atoms with Gasteiger partial charge in [-0.05, 0) is 6.07 Å². The van der Waals surface area contributed by atoms with Gasteiger partial charge >= 0.3 is 0 Å². The van der Waals surface area contributed by atoms with Gasteiger partial charge in [0.15, 0.2) is 0 Å². The summed E-state index contributed by atoms with van der Waals surface area (Å²) in [6, 6.07) is 1.30. The smallest absolute Gasteiger partial charge is 0.260 e. The fourth-order valence-electron chi connectivity index (χ4n) is 0.803. The van der Waals surface area contributed by atoms with E-state index < -0.39 is 6.43 Å². The predicted molar refractivity (Wildman–Crippen MR) is 37.4 cm³/mol. The molecule has 0 aliphatic heterocycles. The van der Waals surface area contributed by atoms with E-state index in [1.165, 1.54) is 23.0 Å². The molecule has 0 aliphatic rings. The van der Waals surface area contributed by atoms with Crippen LogP contribution in [0, 0.1) is 0 Å². The number of alkyl halides is 2. The van der Waals surface area contributed by atoms with E-state index in [0.29, 0.717) is 6.54 Å². The van der Waals surface area contributed by atoms with Crippen molar-refractivity contribution >= 4 is 0 Å². The summed E-state index contributed by atoms with van der Waals surface area (Å²) < 4.78 is 25.4. The molecule has 1 aromatic rings. The van der Waals surface area contributed by atoms with Gasteiger partial charge < -0.3 is 0 Å². The second-order valence-corrected chi connectivity index (χ2v) is 2.03. The van der Waals surface area contributed by atoms with E-state index in [4.69, 9.17) is 0 Å². The van der Waals surface area contributed by atoms with Crippen molar-refractivity contribution in [3.05, 3.63) is 30.6 Å². The number of rotatable bonds is 3. The SMILES string of the molecule is C=CCn1nccc1C(F)F. The van der Waals surface area contributed by atoms with Crippen molar-refractivity contribution in [1.29, 1.82) is 0 Å². The maximum absolute atomic E-state index is 12.1. The lowest BCUT2D eigenvalue weighted by Crippen LogP contribution is -2.02. The molecule has 0 atom stereocenters. The number of nitrogens with zero attached hydrogens (tertiary/aromatic N) is 2. The van der Waals surface area contributed by atoms with E-state index >= 15 is 0 Å². The summed E-state index contributed by atoms with van der Waals surface area (Å²) in [5.74, 6) is 0. The predicted octanol–water partition coefficient (Wildman–Crippen LogP) is 2.01. The maximum Gasteiger partial charge on any atom is 0.280 e. The van der Waals surface area contributed by atoms with Gasteiger partial charge in [0.2, 0.25) is 0 Å². The van der Waals surface area contributed by atoms with Gasteiger partial charge in [0.25, 0.3) is 6.43 Å². The molecule has 0 aliphatic carbocycles. The normalized spacial score (nSPS) is 10.5. The Kier molecular flexibility index (Phi) is 2.36. The average molecular weight is 158 g/mol. The zero-order chi connectivity index (χ0) is 8.27. The summed E-state index contributed by atoms with van der Waals surface area (Å²) in [7, 11) is 0. The van der Waals surface area contributed by atoms with Gasteiger partial charge in [-0.2, -0.15) is 5.10 Å². The van der Waals surface area contributed by atoms with Crippen molar-refractivity contribution in [1.82, 2.24) is 9.78 Å². The largest absolute Gasteiger partial charge is 0.280 e. The van der Waals surface area contributed by atoms with Crippen LogP contribution in [0.3, 0.4) is 0 Å². The van der Waals surface area contributed by atoms with Gasteiger partial charge in [-0.1, -0.05) is 6.08 Å². The molecule has 0 aromatic carbocycles. The summed E-state index contributed by atoms with van der Waals surface area (Å²) in [6.45, 7) is 3.76. The molecule has 1 aromatic heterocycles. The Hall–Kier alpha value is -1.19. The molecule has 11 heavy (non-hydrogen) atoms. The summed E-state index contributed by atoms with van der Waals surface area (Å²) >= 11 is 0. The zero-order valence-electron chi connectivity index (χ0n) is 5.87. The monoisotopic (exact) mass is 158 g/mol. The minimum atomic E-state index is -2.46. The zero-order valence-corrected chi connectivity index (χ0v) is 5.87. The number of hydrogen-bond acceptors (Lipinski definition) is 1. The quantitative estimate of drug-likeness (QED) is 0.615. The molecular formula is C7H8F2N2. The molecule has 0 saturated heterocycles. The van der Waals surface area contributed by atoms with Crippen LogP contribution in [0.15, 0.2) is 24.9 Å². The van der Waals surface area contributed by atoms with Crippen LogP contribution in [-0.2, 0) is 6.54 Å². The summed E-state index contributed by atoms with van der Waals surface area (Å²) in [5.41, 5.74) is -0.0649. The third-order valence-electron chi connectivity index (χ3n) is 1.28. The first-order chi connectivity index (χ1) is 5.25. The van der Waals surface area contributed by atoms with E-state index in [9.17, 15) is 8.78 Å². The van der Waals surface area contributed by atoms with Crippen molar-refractivity contribution in [3.8, 4) is 0 Å². The summed E-state index contributed by atoms with van der Waals surface area (Å²) in [4.78, 5) is 0. The van der Waals surface area contributed by atoms with Crippen LogP contribution >= 0.6 is 0 Å². The molecule has 1 heterocycles. The molecule has 0 amide bonds. The van der Waals surface area contributed by atoms with Crippen LogP contribution in [0.25, 0.3) is 0 Å². The summed E-state index contributed by atoms with van der Waals surface area (Å²) in [6.07, 6.45) is 0.418. The van der Waals surface area contributed by atoms with E-state index in [-0.39, 0.29) is 5.69 Å². The van der Waals surface area contributed by atoms with E-state index in [2.05, 4.69) is 11.7 Å². The second kappa shape index (κ2) is 3.27. The van der Waals surface area contributed by atoms with Crippen molar-refractivity contribution in [2.45, 2.75) is 13.0 Å². The highest BCUT2D eigenvalue weighted by Gasteiger charge is 2.11. The molecule has 2 nitrogen and oxygen atoms in total. The molecule has 1 rings (SSSR count). The van der Waals surface area contributed by atoms with Crippen LogP contribution in [0.4, 0.5) is 8.78 Å².